The third kappa shape index (κ3) is 4.02. The molecule has 0 spiro atoms. The molecule has 0 aliphatic rings. The Hall–Kier alpha value is -2.34. The van der Waals surface area contributed by atoms with E-state index < -0.39 is 0 Å². The van der Waals surface area contributed by atoms with E-state index in [9.17, 15) is 4.79 Å². The van der Waals surface area contributed by atoms with E-state index in [1.807, 2.05) is 54.2 Å². The minimum Gasteiger partial charge on any atom is -0.487 e. The van der Waals surface area contributed by atoms with Crippen LogP contribution in [0, 0.1) is 0 Å². The van der Waals surface area contributed by atoms with Crippen LogP contribution in [0.1, 0.15) is 18.2 Å². The van der Waals surface area contributed by atoms with Crippen LogP contribution in [-0.4, -0.2) is 22.4 Å². The molecule has 5 nitrogen and oxygen atoms in total. The van der Waals surface area contributed by atoms with E-state index in [2.05, 4.69) is 21.0 Å². The Labute approximate surface area is 154 Å². The van der Waals surface area contributed by atoms with Crippen LogP contribution in [0.2, 0.25) is 0 Å². The summed E-state index contributed by atoms with van der Waals surface area (Å²) in [5, 5.41) is 5.59. The number of nitrogens with zero attached hydrogens (tertiary/aromatic N) is 2. The summed E-state index contributed by atoms with van der Waals surface area (Å²) in [7, 11) is 1.91. The van der Waals surface area contributed by atoms with Crippen molar-refractivity contribution >= 4 is 32.8 Å². The number of hydrogen-bond donors (Lipinski definition) is 0. The largest absolute Gasteiger partial charge is 0.487 e. The lowest BCUT2D eigenvalue weighted by Crippen LogP contribution is -2.09. The molecule has 0 saturated heterocycles. The van der Waals surface area contributed by atoms with Crippen LogP contribution < -0.4 is 4.74 Å². The van der Waals surface area contributed by atoms with Gasteiger partial charge in [-0.05, 0) is 31.2 Å². The number of hydrogen-bond acceptors (Lipinski definition) is 4. The van der Waals surface area contributed by atoms with Gasteiger partial charge in [0.1, 0.15) is 18.1 Å². The average Bonchev–Trinajstić information content (AvgIpc) is 2.89. The lowest BCUT2D eigenvalue weighted by molar-refractivity contribution is -0.142. The normalized spacial score (nSPS) is 10.8. The van der Waals surface area contributed by atoms with Gasteiger partial charge in [0.25, 0.3) is 0 Å². The molecule has 1 aromatic heterocycles. The first-order chi connectivity index (χ1) is 12.1. The molecule has 0 atom stereocenters. The predicted octanol–water partition coefficient (Wildman–Crippen LogP) is 4.02. The summed E-state index contributed by atoms with van der Waals surface area (Å²) in [5.74, 6) is 0.412. The van der Waals surface area contributed by atoms with Gasteiger partial charge in [0.2, 0.25) is 0 Å². The second-order valence-corrected chi connectivity index (χ2v) is 6.53. The summed E-state index contributed by atoms with van der Waals surface area (Å²) < 4.78 is 13.8. The summed E-state index contributed by atoms with van der Waals surface area (Å²) in [6, 6.07) is 13.5. The van der Waals surface area contributed by atoms with Gasteiger partial charge < -0.3 is 9.47 Å². The van der Waals surface area contributed by atoms with E-state index in [-0.39, 0.29) is 12.4 Å². The average molecular weight is 403 g/mol. The van der Waals surface area contributed by atoms with Gasteiger partial charge in [-0.1, -0.05) is 34.1 Å². The summed E-state index contributed by atoms with van der Waals surface area (Å²) in [6.45, 7) is 2.49. The van der Waals surface area contributed by atoms with Gasteiger partial charge in [-0.25, -0.2) is 0 Å². The minimum atomic E-state index is -0.259. The Bertz CT molecular complexity index is 905. The fourth-order valence-electron chi connectivity index (χ4n) is 2.72. The first-order valence-electron chi connectivity index (χ1n) is 8.06. The molecule has 6 heteroatoms. The number of carbonyl (C=O) groups is 1. The Morgan fingerprint density at radius 2 is 2.04 bits per heavy atom. The van der Waals surface area contributed by atoms with Crippen LogP contribution >= 0.6 is 15.9 Å². The van der Waals surface area contributed by atoms with Crippen LogP contribution in [0.15, 0.2) is 46.9 Å². The molecule has 0 bridgehead atoms. The van der Waals surface area contributed by atoms with Crippen molar-refractivity contribution in [1.29, 1.82) is 0 Å². The maximum absolute atomic E-state index is 11.8. The maximum Gasteiger partial charge on any atom is 0.310 e. The fraction of sp³-hybridized carbons (Fsp3) is 0.263. The number of aromatic nitrogens is 2. The number of rotatable bonds is 6. The number of fused-ring (bicyclic) bond motifs is 1. The lowest BCUT2D eigenvalue weighted by atomic mass is 10.1. The lowest BCUT2D eigenvalue weighted by Gasteiger charge is -2.10. The van der Waals surface area contributed by atoms with Gasteiger partial charge in [0.15, 0.2) is 0 Å². The molecule has 0 aliphatic carbocycles. The molecule has 0 N–H and O–H groups in total. The van der Waals surface area contributed by atoms with E-state index in [1.54, 1.807) is 6.92 Å². The molecule has 3 rings (SSSR count). The van der Waals surface area contributed by atoms with Crippen molar-refractivity contribution in [2.75, 3.05) is 6.61 Å². The molecule has 1 heterocycles. The minimum absolute atomic E-state index is 0.193. The molecule has 25 heavy (non-hydrogen) atoms. The van der Waals surface area contributed by atoms with Crippen LogP contribution in [0.25, 0.3) is 10.9 Å². The highest BCUT2D eigenvalue weighted by atomic mass is 79.9. The zero-order valence-corrected chi connectivity index (χ0v) is 15.7. The first-order valence-corrected chi connectivity index (χ1v) is 8.85. The SMILES string of the molecule is CCOC(=O)Cc1ccccc1OCc1nn(C)c2ccc(Br)cc12. The predicted molar refractivity (Wildman–Crippen MR) is 99.5 cm³/mol. The van der Waals surface area contributed by atoms with Crippen molar-refractivity contribution in [2.45, 2.75) is 20.0 Å². The third-order valence-electron chi connectivity index (χ3n) is 3.87. The zero-order valence-electron chi connectivity index (χ0n) is 14.2. The van der Waals surface area contributed by atoms with Crippen LogP contribution in [0.3, 0.4) is 0 Å². The number of benzene rings is 2. The molecule has 0 amide bonds. The third-order valence-corrected chi connectivity index (χ3v) is 4.36. The van der Waals surface area contributed by atoms with E-state index in [1.165, 1.54) is 0 Å². The van der Waals surface area contributed by atoms with Gasteiger partial charge in [0.05, 0.1) is 18.5 Å². The molecule has 2 aromatic carbocycles. The summed E-state index contributed by atoms with van der Waals surface area (Å²) in [5.41, 5.74) is 2.70. The molecular formula is C19H19BrN2O3. The van der Waals surface area contributed by atoms with Gasteiger partial charge in [0, 0.05) is 22.5 Å². The van der Waals surface area contributed by atoms with Crippen molar-refractivity contribution < 1.29 is 14.3 Å². The second kappa shape index (κ2) is 7.70. The van der Waals surface area contributed by atoms with Gasteiger partial charge in [-0.2, -0.15) is 5.10 Å². The molecule has 0 radical (unpaired) electrons. The Balaban J connectivity index is 1.80. The highest BCUT2D eigenvalue weighted by Gasteiger charge is 2.13. The quantitative estimate of drug-likeness (QED) is 0.584. The van der Waals surface area contributed by atoms with Gasteiger partial charge in [-0.15, -0.1) is 0 Å². The summed E-state index contributed by atoms with van der Waals surface area (Å²) in [6.07, 6.45) is 0.193. The van der Waals surface area contributed by atoms with Crippen molar-refractivity contribution in [3.8, 4) is 5.75 Å². The van der Waals surface area contributed by atoms with Crippen LogP contribution in [0.5, 0.6) is 5.75 Å². The standard InChI is InChI=1S/C19H19BrN2O3/c1-3-24-19(23)10-13-6-4-5-7-18(13)25-12-16-15-11-14(20)8-9-17(15)22(2)21-16/h4-9,11H,3,10,12H2,1-2H3. The zero-order chi connectivity index (χ0) is 17.8. The Morgan fingerprint density at radius 1 is 1.24 bits per heavy atom. The van der Waals surface area contributed by atoms with Gasteiger partial charge >= 0.3 is 5.97 Å². The fourth-order valence-corrected chi connectivity index (χ4v) is 3.08. The maximum atomic E-state index is 11.8. The number of halogens is 1. The summed E-state index contributed by atoms with van der Waals surface area (Å²) in [4.78, 5) is 11.8. The van der Waals surface area contributed by atoms with Crippen LogP contribution in [-0.2, 0) is 29.6 Å². The number of aryl methyl sites for hydroxylation is 1. The highest BCUT2D eigenvalue weighted by molar-refractivity contribution is 9.10. The Kier molecular flexibility index (Phi) is 5.38. The molecule has 3 aromatic rings. The number of para-hydroxylation sites is 1. The highest BCUT2D eigenvalue weighted by Crippen LogP contribution is 2.25. The van der Waals surface area contributed by atoms with E-state index in [4.69, 9.17) is 9.47 Å². The molecule has 0 unspecified atom stereocenters. The molecule has 130 valence electrons. The van der Waals surface area contributed by atoms with Crippen molar-refractivity contribution in [3.05, 3.63) is 58.2 Å². The van der Waals surface area contributed by atoms with E-state index in [0.717, 1.165) is 26.6 Å². The number of esters is 1. The number of ether oxygens (including phenoxy) is 2. The topological polar surface area (TPSA) is 53.4 Å². The molecule has 0 saturated carbocycles. The van der Waals surface area contributed by atoms with E-state index in [0.29, 0.717) is 19.0 Å². The molecule has 0 aliphatic heterocycles. The monoisotopic (exact) mass is 402 g/mol. The van der Waals surface area contributed by atoms with E-state index >= 15 is 0 Å². The van der Waals surface area contributed by atoms with Crippen molar-refractivity contribution in [3.63, 3.8) is 0 Å². The number of carbonyl (C=O) groups excluding carboxylic acids is 1. The molecular weight excluding hydrogens is 384 g/mol. The van der Waals surface area contributed by atoms with Crippen molar-refractivity contribution in [1.82, 2.24) is 9.78 Å². The van der Waals surface area contributed by atoms with Crippen LogP contribution in [0.4, 0.5) is 0 Å². The molecule has 0 fully saturated rings. The van der Waals surface area contributed by atoms with Gasteiger partial charge in [-0.3, -0.25) is 9.48 Å². The first kappa shape index (κ1) is 17.5. The smallest absolute Gasteiger partial charge is 0.310 e. The van der Waals surface area contributed by atoms with Crippen molar-refractivity contribution in [2.24, 2.45) is 7.05 Å². The second-order valence-electron chi connectivity index (χ2n) is 5.61. The summed E-state index contributed by atoms with van der Waals surface area (Å²) >= 11 is 3.50. The Morgan fingerprint density at radius 3 is 2.84 bits per heavy atom.